The first kappa shape index (κ1) is 13.7. The van der Waals surface area contributed by atoms with Gasteiger partial charge in [-0.05, 0) is 30.5 Å². The number of halogens is 1. The van der Waals surface area contributed by atoms with Crippen LogP contribution < -0.4 is 5.73 Å². The minimum absolute atomic E-state index is 0.561. The zero-order chi connectivity index (χ0) is 14.1. The lowest BCUT2D eigenvalue weighted by atomic mass is 9.84. The molecule has 3 nitrogen and oxygen atoms in total. The first-order chi connectivity index (χ1) is 9.66. The van der Waals surface area contributed by atoms with Crippen molar-refractivity contribution in [3.8, 4) is 11.1 Å². The van der Waals surface area contributed by atoms with Crippen LogP contribution in [0.2, 0.25) is 0 Å². The average Bonchev–Trinajstić information content (AvgIpc) is 2.77. The molecule has 0 amide bonds. The van der Waals surface area contributed by atoms with Crippen molar-refractivity contribution >= 4 is 21.7 Å². The molecule has 20 heavy (non-hydrogen) atoms. The van der Waals surface area contributed by atoms with Crippen LogP contribution in [0, 0.1) is 0 Å². The molecule has 0 saturated heterocycles. The Labute approximate surface area is 128 Å². The van der Waals surface area contributed by atoms with E-state index >= 15 is 0 Å². The fourth-order valence-electron chi connectivity index (χ4n) is 3.13. The van der Waals surface area contributed by atoms with Crippen LogP contribution >= 0.6 is 15.9 Å². The maximum atomic E-state index is 6.27. The predicted molar refractivity (Wildman–Crippen MR) is 86.6 cm³/mol. The van der Waals surface area contributed by atoms with Crippen LogP contribution in [0.3, 0.4) is 0 Å². The molecule has 0 bridgehead atoms. The zero-order valence-corrected chi connectivity index (χ0v) is 13.4. The van der Waals surface area contributed by atoms with E-state index in [1.54, 1.807) is 0 Å². The van der Waals surface area contributed by atoms with Crippen LogP contribution in [0.4, 0.5) is 5.82 Å². The van der Waals surface area contributed by atoms with Gasteiger partial charge < -0.3 is 5.73 Å². The summed E-state index contributed by atoms with van der Waals surface area (Å²) in [5.41, 5.74) is 9.75. The molecule has 1 aliphatic rings. The molecule has 1 heterocycles. The molecule has 106 valence electrons. The van der Waals surface area contributed by atoms with Gasteiger partial charge in [-0.2, -0.15) is 5.10 Å². The van der Waals surface area contributed by atoms with Crippen molar-refractivity contribution in [2.45, 2.75) is 38.0 Å². The van der Waals surface area contributed by atoms with E-state index < -0.39 is 0 Å². The molecule has 0 unspecified atom stereocenters. The Morgan fingerprint density at radius 1 is 1.15 bits per heavy atom. The average molecular weight is 334 g/mol. The third-order valence-corrected chi connectivity index (χ3v) is 4.77. The quantitative estimate of drug-likeness (QED) is 0.880. The molecule has 1 fully saturated rings. The number of nitrogens with zero attached hydrogens (tertiary/aromatic N) is 2. The standard InChI is InChI=1S/C16H20BrN3/c1-20-16(18)14(11-7-9-13(17)10-8-11)15(19-20)12-5-3-2-4-6-12/h7-10,12H,2-6,18H2,1H3. The molecule has 3 rings (SSSR count). The molecule has 4 heteroatoms. The third-order valence-electron chi connectivity index (χ3n) is 4.24. The number of aromatic nitrogens is 2. The van der Waals surface area contributed by atoms with Gasteiger partial charge in [-0.3, -0.25) is 4.68 Å². The Hall–Kier alpha value is -1.29. The molecule has 1 aromatic carbocycles. The van der Waals surface area contributed by atoms with Gasteiger partial charge >= 0.3 is 0 Å². The van der Waals surface area contributed by atoms with E-state index in [1.807, 2.05) is 11.7 Å². The summed E-state index contributed by atoms with van der Waals surface area (Å²) >= 11 is 3.48. The monoisotopic (exact) mass is 333 g/mol. The van der Waals surface area contributed by atoms with Crippen LogP contribution in [0.15, 0.2) is 28.7 Å². The highest BCUT2D eigenvalue weighted by atomic mass is 79.9. The Morgan fingerprint density at radius 2 is 1.80 bits per heavy atom. The number of benzene rings is 1. The maximum absolute atomic E-state index is 6.27. The van der Waals surface area contributed by atoms with Gasteiger partial charge in [0, 0.05) is 23.0 Å². The van der Waals surface area contributed by atoms with Crippen molar-refractivity contribution in [2.75, 3.05) is 5.73 Å². The summed E-state index contributed by atoms with van der Waals surface area (Å²) in [5, 5.41) is 4.71. The number of aryl methyl sites for hydroxylation is 1. The number of hydrogen-bond acceptors (Lipinski definition) is 2. The van der Waals surface area contributed by atoms with Gasteiger partial charge in [-0.1, -0.05) is 47.3 Å². The lowest BCUT2D eigenvalue weighted by molar-refractivity contribution is 0.434. The number of hydrogen-bond donors (Lipinski definition) is 1. The van der Waals surface area contributed by atoms with Gasteiger partial charge in [-0.15, -0.1) is 0 Å². The summed E-state index contributed by atoms with van der Waals surface area (Å²) in [7, 11) is 1.93. The highest BCUT2D eigenvalue weighted by Gasteiger charge is 2.24. The first-order valence-electron chi connectivity index (χ1n) is 7.25. The molecular weight excluding hydrogens is 314 g/mol. The van der Waals surface area contributed by atoms with Crippen LogP contribution in [0.1, 0.15) is 43.7 Å². The van der Waals surface area contributed by atoms with Crippen LogP contribution in [0.5, 0.6) is 0 Å². The van der Waals surface area contributed by atoms with Crippen molar-refractivity contribution in [3.63, 3.8) is 0 Å². The van der Waals surface area contributed by atoms with E-state index in [-0.39, 0.29) is 0 Å². The van der Waals surface area contributed by atoms with E-state index in [1.165, 1.54) is 43.4 Å². The van der Waals surface area contributed by atoms with Crippen molar-refractivity contribution in [1.29, 1.82) is 0 Å². The highest BCUT2D eigenvalue weighted by molar-refractivity contribution is 9.10. The fourth-order valence-corrected chi connectivity index (χ4v) is 3.40. The largest absolute Gasteiger partial charge is 0.383 e. The van der Waals surface area contributed by atoms with Gasteiger partial charge in [0.1, 0.15) is 5.82 Å². The molecule has 0 aliphatic heterocycles. The van der Waals surface area contributed by atoms with Crippen molar-refractivity contribution in [3.05, 3.63) is 34.4 Å². The number of nitrogen functional groups attached to an aromatic ring is 1. The zero-order valence-electron chi connectivity index (χ0n) is 11.8. The smallest absolute Gasteiger partial charge is 0.129 e. The highest BCUT2D eigenvalue weighted by Crippen LogP contribution is 2.40. The fraction of sp³-hybridized carbons (Fsp3) is 0.438. The minimum atomic E-state index is 0.561. The number of anilines is 1. The second-order valence-electron chi connectivity index (χ2n) is 5.61. The Balaban J connectivity index is 2.06. The third kappa shape index (κ3) is 2.49. The predicted octanol–water partition coefficient (Wildman–Crippen LogP) is 4.48. The number of rotatable bonds is 2. The van der Waals surface area contributed by atoms with Gasteiger partial charge in [0.2, 0.25) is 0 Å². The van der Waals surface area contributed by atoms with E-state index in [0.717, 1.165) is 15.9 Å². The van der Waals surface area contributed by atoms with E-state index in [4.69, 9.17) is 10.8 Å². The van der Waals surface area contributed by atoms with Crippen molar-refractivity contribution in [2.24, 2.45) is 7.05 Å². The SMILES string of the molecule is Cn1nc(C2CCCCC2)c(-c2ccc(Br)cc2)c1N. The summed E-state index contributed by atoms with van der Waals surface area (Å²) in [6.07, 6.45) is 6.44. The Bertz CT molecular complexity index is 595. The molecule has 2 aromatic rings. The summed E-state index contributed by atoms with van der Waals surface area (Å²) in [6, 6.07) is 8.35. The van der Waals surface area contributed by atoms with Gasteiger partial charge in [-0.25, -0.2) is 0 Å². The van der Waals surface area contributed by atoms with Crippen LogP contribution in [-0.2, 0) is 7.05 Å². The van der Waals surface area contributed by atoms with Crippen molar-refractivity contribution < 1.29 is 0 Å². The second kappa shape index (κ2) is 5.60. The molecular formula is C16H20BrN3. The molecule has 1 aromatic heterocycles. The van der Waals surface area contributed by atoms with Crippen LogP contribution in [0.25, 0.3) is 11.1 Å². The Kier molecular flexibility index (Phi) is 3.83. The van der Waals surface area contributed by atoms with Crippen molar-refractivity contribution in [1.82, 2.24) is 9.78 Å². The molecule has 0 spiro atoms. The van der Waals surface area contributed by atoms with Gasteiger partial charge in [0.05, 0.1) is 5.69 Å². The lowest BCUT2D eigenvalue weighted by Gasteiger charge is -2.21. The normalized spacial score (nSPS) is 16.5. The van der Waals surface area contributed by atoms with E-state index in [9.17, 15) is 0 Å². The molecule has 0 radical (unpaired) electrons. The summed E-state index contributed by atoms with van der Waals surface area (Å²) in [6.45, 7) is 0. The summed E-state index contributed by atoms with van der Waals surface area (Å²) < 4.78 is 2.91. The first-order valence-corrected chi connectivity index (χ1v) is 8.04. The molecule has 1 saturated carbocycles. The summed E-state index contributed by atoms with van der Waals surface area (Å²) in [4.78, 5) is 0. The molecule has 0 atom stereocenters. The minimum Gasteiger partial charge on any atom is -0.383 e. The lowest BCUT2D eigenvalue weighted by Crippen LogP contribution is -2.06. The second-order valence-corrected chi connectivity index (χ2v) is 6.53. The van der Waals surface area contributed by atoms with Gasteiger partial charge in [0.25, 0.3) is 0 Å². The van der Waals surface area contributed by atoms with E-state index in [0.29, 0.717) is 5.92 Å². The maximum Gasteiger partial charge on any atom is 0.129 e. The van der Waals surface area contributed by atoms with Gasteiger partial charge in [0.15, 0.2) is 0 Å². The summed E-state index contributed by atoms with van der Waals surface area (Å²) in [5.74, 6) is 1.33. The molecule has 2 N–H and O–H groups in total. The molecule has 1 aliphatic carbocycles. The van der Waals surface area contributed by atoms with E-state index in [2.05, 4.69) is 40.2 Å². The Morgan fingerprint density at radius 3 is 2.45 bits per heavy atom. The van der Waals surface area contributed by atoms with Crippen LogP contribution in [-0.4, -0.2) is 9.78 Å². The number of nitrogens with two attached hydrogens (primary N) is 1. The topological polar surface area (TPSA) is 43.8 Å².